The molecular formula is C19H21FN4O4S. The zero-order chi connectivity index (χ0) is 21.0. The Morgan fingerprint density at radius 1 is 1.17 bits per heavy atom. The molecule has 4 amide bonds. The first kappa shape index (κ1) is 20.6. The highest BCUT2D eigenvalue weighted by Crippen LogP contribution is 2.36. The summed E-state index contributed by atoms with van der Waals surface area (Å²) in [7, 11) is 0. The first-order valence-corrected chi connectivity index (χ1v) is 9.86. The minimum atomic E-state index is -0.819. The third-order valence-electron chi connectivity index (χ3n) is 4.53. The monoisotopic (exact) mass is 420 g/mol. The molecule has 1 fully saturated rings. The molecule has 1 aromatic carbocycles. The summed E-state index contributed by atoms with van der Waals surface area (Å²) in [6.45, 7) is 0.736. The number of carbonyl (C=O) groups excluding carboxylic acids is 3. The van der Waals surface area contributed by atoms with Crippen LogP contribution in [0.5, 0.6) is 0 Å². The van der Waals surface area contributed by atoms with E-state index in [2.05, 4.69) is 5.32 Å². The SMILES string of the molecule is NC(=O)Nc1sc(-c2ccc(F)cc2)cc1C(=O)OC1CCCCN(C(N)=O)C1. The Balaban J connectivity index is 1.83. The van der Waals surface area contributed by atoms with Crippen LogP contribution in [-0.4, -0.2) is 42.1 Å². The van der Waals surface area contributed by atoms with Crippen molar-refractivity contribution in [2.45, 2.75) is 25.4 Å². The van der Waals surface area contributed by atoms with E-state index >= 15 is 0 Å². The number of nitrogens with zero attached hydrogens (tertiary/aromatic N) is 1. The van der Waals surface area contributed by atoms with Crippen LogP contribution in [0.1, 0.15) is 29.6 Å². The highest BCUT2D eigenvalue weighted by molar-refractivity contribution is 7.20. The van der Waals surface area contributed by atoms with Gasteiger partial charge in [0.2, 0.25) is 0 Å². The van der Waals surface area contributed by atoms with Crippen LogP contribution in [-0.2, 0) is 4.74 Å². The van der Waals surface area contributed by atoms with Crippen LogP contribution in [0, 0.1) is 5.82 Å². The number of hydrogen-bond donors (Lipinski definition) is 3. The summed E-state index contributed by atoms with van der Waals surface area (Å²) >= 11 is 1.13. The first-order chi connectivity index (χ1) is 13.8. The van der Waals surface area contributed by atoms with Crippen LogP contribution in [0.2, 0.25) is 0 Å². The van der Waals surface area contributed by atoms with Crippen LogP contribution >= 0.6 is 11.3 Å². The molecule has 1 aliphatic rings. The minimum Gasteiger partial charge on any atom is -0.457 e. The molecule has 2 aromatic rings. The summed E-state index contributed by atoms with van der Waals surface area (Å²) in [6, 6.07) is 5.93. The van der Waals surface area contributed by atoms with E-state index in [-0.39, 0.29) is 22.9 Å². The topological polar surface area (TPSA) is 128 Å². The number of ether oxygens (including phenoxy) is 1. The maximum Gasteiger partial charge on any atom is 0.341 e. The summed E-state index contributed by atoms with van der Waals surface area (Å²) < 4.78 is 18.8. The first-order valence-electron chi connectivity index (χ1n) is 9.05. The lowest BCUT2D eigenvalue weighted by Gasteiger charge is -2.22. The van der Waals surface area contributed by atoms with Crippen molar-refractivity contribution in [3.05, 3.63) is 41.7 Å². The number of likely N-dealkylation sites (tertiary alicyclic amines) is 1. The van der Waals surface area contributed by atoms with Crippen LogP contribution < -0.4 is 16.8 Å². The predicted molar refractivity (Wildman–Crippen MR) is 107 cm³/mol. The number of urea groups is 2. The normalized spacial score (nSPS) is 16.7. The van der Waals surface area contributed by atoms with Gasteiger partial charge >= 0.3 is 18.0 Å². The fourth-order valence-corrected chi connectivity index (χ4v) is 4.17. The molecule has 1 unspecified atom stereocenters. The number of nitrogens with two attached hydrogens (primary N) is 2. The van der Waals surface area contributed by atoms with Gasteiger partial charge in [-0.15, -0.1) is 11.3 Å². The van der Waals surface area contributed by atoms with E-state index in [1.54, 1.807) is 18.2 Å². The molecule has 1 atom stereocenters. The van der Waals surface area contributed by atoms with Gasteiger partial charge in [0.25, 0.3) is 0 Å². The average molecular weight is 420 g/mol. The second-order valence-corrected chi connectivity index (χ2v) is 7.71. The largest absolute Gasteiger partial charge is 0.457 e. The number of hydrogen-bond acceptors (Lipinski definition) is 5. The zero-order valence-corrected chi connectivity index (χ0v) is 16.3. The molecule has 0 radical (unpaired) electrons. The van der Waals surface area contributed by atoms with Crippen LogP contribution in [0.25, 0.3) is 10.4 Å². The number of benzene rings is 1. The van der Waals surface area contributed by atoms with Gasteiger partial charge in [0.1, 0.15) is 16.9 Å². The number of nitrogens with one attached hydrogen (secondary N) is 1. The second-order valence-electron chi connectivity index (χ2n) is 6.66. The summed E-state index contributed by atoms with van der Waals surface area (Å²) in [6.07, 6.45) is 1.66. The number of rotatable bonds is 4. The van der Waals surface area contributed by atoms with E-state index in [0.29, 0.717) is 23.4 Å². The number of thiophene rings is 1. The molecule has 3 rings (SSSR count). The average Bonchev–Trinajstić information content (AvgIpc) is 2.92. The highest BCUT2D eigenvalue weighted by Gasteiger charge is 2.26. The minimum absolute atomic E-state index is 0.142. The van der Waals surface area contributed by atoms with Crippen LogP contribution in [0.4, 0.5) is 19.0 Å². The Bertz CT molecular complexity index is 915. The fraction of sp³-hybridized carbons (Fsp3) is 0.316. The molecule has 1 aliphatic heterocycles. The quantitative estimate of drug-likeness (QED) is 0.657. The number of esters is 1. The van der Waals surface area contributed by atoms with Gasteiger partial charge in [-0.05, 0) is 43.0 Å². The van der Waals surface area contributed by atoms with Gasteiger partial charge in [0.15, 0.2) is 0 Å². The van der Waals surface area contributed by atoms with Crippen molar-refractivity contribution < 1.29 is 23.5 Å². The summed E-state index contributed by atoms with van der Waals surface area (Å²) in [5, 5.41) is 2.67. The van der Waals surface area contributed by atoms with E-state index in [1.807, 2.05) is 0 Å². The molecule has 1 aromatic heterocycles. The fourth-order valence-electron chi connectivity index (χ4n) is 3.12. The van der Waals surface area contributed by atoms with Gasteiger partial charge < -0.3 is 21.1 Å². The second kappa shape index (κ2) is 8.91. The van der Waals surface area contributed by atoms with Crippen molar-refractivity contribution >= 4 is 34.4 Å². The molecule has 10 heteroatoms. The Morgan fingerprint density at radius 3 is 2.55 bits per heavy atom. The van der Waals surface area contributed by atoms with Gasteiger partial charge in [0.05, 0.1) is 12.1 Å². The molecule has 0 bridgehead atoms. The molecule has 154 valence electrons. The maximum absolute atomic E-state index is 13.2. The van der Waals surface area contributed by atoms with Gasteiger partial charge in [-0.2, -0.15) is 0 Å². The van der Waals surface area contributed by atoms with Crippen molar-refractivity contribution in [3.8, 4) is 10.4 Å². The molecule has 0 spiro atoms. The molecule has 8 nitrogen and oxygen atoms in total. The van der Waals surface area contributed by atoms with Gasteiger partial charge in [0, 0.05) is 11.4 Å². The van der Waals surface area contributed by atoms with Crippen LogP contribution in [0.15, 0.2) is 30.3 Å². The third-order valence-corrected chi connectivity index (χ3v) is 5.63. The van der Waals surface area contributed by atoms with E-state index in [4.69, 9.17) is 16.2 Å². The van der Waals surface area contributed by atoms with E-state index in [1.165, 1.54) is 17.0 Å². The summed E-state index contributed by atoms with van der Waals surface area (Å²) in [5.74, 6) is -1.03. The number of halogens is 1. The van der Waals surface area contributed by atoms with Gasteiger partial charge in [-0.3, -0.25) is 5.32 Å². The Morgan fingerprint density at radius 2 is 1.90 bits per heavy atom. The number of amides is 4. The van der Waals surface area contributed by atoms with Crippen molar-refractivity contribution in [3.63, 3.8) is 0 Å². The zero-order valence-electron chi connectivity index (χ0n) is 15.5. The van der Waals surface area contributed by atoms with E-state index in [0.717, 1.165) is 24.2 Å². The predicted octanol–water partition coefficient (Wildman–Crippen LogP) is 3.13. The van der Waals surface area contributed by atoms with E-state index < -0.39 is 24.1 Å². The molecule has 5 N–H and O–H groups in total. The molecular weight excluding hydrogens is 399 g/mol. The van der Waals surface area contributed by atoms with Gasteiger partial charge in [-0.1, -0.05) is 12.1 Å². The van der Waals surface area contributed by atoms with E-state index in [9.17, 15) is 18.8 Å². The van der Waals surface area contributed by atoms with Crippen molar-refractivity contribution in [2.75, 3.05) is 18.4 Å². The lowest BCUT2D eigenvalue weighted by atomic mass is 10.1. The molecule has 0 aliphatic carbocycles. The Labute approximate surface area is 170 Å². The lowest BCUT2D eigenvalue weighted by Crippen LogP contribution is -2.41. The van der Waals surface area contributed by atoms with Crippen LogP contribution in [0.3, 0.4) is 0 Å². The lowest BCUT2D eigenvalue weighted by molar-refractivity contribution is 0.0242. The summed E-state index contributed by atoms with van der Waals surface area (Å²) in [4.78, 5) is 37.7. The molecule has 29 heavy (non-hydrogen) atoms. The van der Waals surface area contributed by atoms with Gasteiger partial charge in [-0.25, -0.2) is 18.8 Å². The number of primary amides is 2. The standard InChI is InChI=1S/C19H21FN4O4S/c20-12-6-4-11(5-7-12)15-9-14(16(29-15)23-18(21)26)17(25)28-13-3-1-2-8-24(10-13)19(22)27/h4-7,9,13H,1-3,8,10H2,(H2,22,27)(H3,21,23,26). The molecule has 0 saturated carbocycles. The number of carbonyl (C=O) groups is 3. The maximum atomic E-state index is 13.2. The van der Waals surface area contributed by atoms with Crippen molar-refractivity contribution in [1.82, 2.24) is 4.90 Å². The Kier molecular flexibility index (Phi) is 6.32. The number of anilines is 1. The Hall–Kier alpha value is -3.14. The van der Waals surface area contributed by atoms with Crippen molar-refractivity contribution in [2.24, 2.45) is 11.5 Å². The highest BCUT2D eigenvalue weighted by atomic mass is 32.1. The summed E-state index contributed by atoms with van der Waals surface area (Å²) in [5.41, 5.74) is 11.4. The molecule has 1 saturated heterocycles. The third kappa shape index (κ3) is 5.23. The molecule has 2 heterocycles. The van der Waals surface area contributed by atoms with Crippen molar-refractivity contribution in [1.29, 1.82) is 0 Å². The smallest absolute Gasteiger partial charge is 0.341 e.